The molecule has 0 spiro atoms. The summed E-state index contributed by atoms with van der Waals surface area (Å²) in [6, 6.07) is 19.8. The Bertz CT molecular complexity index is 1240. The second-order valence-corrected chi connectivity index (χ2v) is 7.49. The molecular weight excluding hydrogens is 437 g/mol. The van der Waals surface area contributed by atoms with Crippen LogP contribution in [0.3, 0.4) is 0 Å². The second-order valence-electron chi connectivity index (χ2n) is 7.49. The molecule has 1 aliphatic heterocycles. The first-order valence-electron chi connectivity index (χ1n) is 10.7. The molecule has 3 amide bonds. The third-order valence-electron chi connectivity index (χ3n) is 5.24. The van der Waals surface area contributed by atoms with E-state index in [1.54, 1.807) is 43.3 Å². The van der Waals surface area contributed by atoms with Crippen molar-refractivity contribution in [1.29, 1.82) is 0 Å². The van der Waals surface area contributed by atoms with Crippen LogP contribution in [0.25, 0.3) is 5.70 Å². The van der Waals surface area contributed by atoms with Gasteiger partial charge in [-0.3, -0.25) is 4.79 Å². The van der Waals surface area contributed by atoms with Crippen LogP contribution in [-0.4, -0.2) is 24.5 Å². The summed E-state index contributed by atoms with van der Waals surface area (Å²) in [7, 11) is 0. The third kappa shape index (κ3) is 4.96. The van der Waals surface area contributed by atoms with Crippen LogP contribution in [0.5, 0.6) is 0 Å². The van der Waals surface area contributed by atoms with E-state index in [9.17, 15) is 18.8 Å². The van der Waals surface area contributed by atoms with E-state index in [1.165, 1.54) is 24.3 Å². The average molecular weight is 459 g/mol. The normalized spacial score (nSPS) is 15.2. The van der Waals surface area contributed by atoms with Crippen LogP contribution in [-0.2, 0) is 9.53 Å². The Morgan fingerprint density at radius 2 is 1.65 bits per heavy atom. The maximum atomic E-state index is 13.1. The minimum Gasteiger partial charge on any atom is -0.463 e. The molecule has 3 N–H and O–H groups in total. The van der Waals surface area contributed by atoms with Crippen LogP contribution in [0.2, 0.25) is 0 Å². The lowest BCUT2D eigenvalue weighted by atomic mass is 9.92. The zero-order chi connectivity index (χ0) is 24.1. The molecule has 1 atom stereocenters. The van der Waals surface area contributed by atoms with Gasteiger partial charge < -0.3 is 20.7 Å². The van der Waals surface area contributed by atoms with Gasteiger partial charge in [-0.05, 0) is 54.4 Å². The van der Waals surface area contributed by atoms with Gasteiger partial charge in [-0.2, -0.15) is 0 Å². The SMILES string of the molecule is CCOC(=O)C1=C(c2ccccc2)NC(=O)NC1c1ccc(NC(=O)c2ccc(F)cc2)cc1. The van der Waals surface area contributed by atoms with Crippen molar-refractivity contribution >= 4 is 29.3 Å². The number of rotatable bonds is 6. The number of hydrogen-bond donors (Lipinski definition) is 3. The summed E-state index contributed by atoms with van der Waals surface area (Å²) < 4.78 is 18.4. The van der Waals surface area contributed by atoms with E-state index in [0.29, 0.717) is 28.1 Å². The van der Waals surface area contributed by atoms with Crippen LogP contribution in [0.15, 0.2) is 84.4 Å². The van der Waals surface area contributed by atoms with E-state index in [-0.39, 0.29) is 18.1 Å². The highest BCUT2D eigenvalue weighted by molar-refractivity contribution is 6.05. The maximum absolute atomic E-state index is 13.1. The highest BCUT2D eigenvalue weighted by Crippen LogP contribution is 2.32. The van der Waals surface area contributed by atoms with Gasteiger partial charge in [0.2, 0.25) is 0 Å². The number of urea groups is 1. The van der Waals surface area contributed by atoms with Crippen LogP contribution in [0.4, 0.5) is 14.9 Å². The maximum Gasteiger partial charge on any atom is 0.338 e. The van der Waals surface area contributed by atoms with E-state index >= 15 is 0 Å². The number of benzene rings is 3. The molecule has 0 saturated heterocycles. The van der Waals surface area contributed by atoms with Gasteiger partial charge in [0.1, 0.15) is 5.82 Å². The van der Waals surface area contributed by atoms with Gasteiger partial charge in [-0.25, -0.2) is 14.0 Å². The summed E-state index contributed by atoms with van der Waals surface area (Å²) in [6.07, 6.45) is 0. The zero-order valence-electron chi connectivity index (χ0n) is 18.3. The fourth-order valence-electron chi connectivity index (χ4n) is 3.64. The lowest BCUT2D eigenvalue weighted by molar-refractivity contribution is -0.138. The lowest BCUT2D eigenvalue weighted by Crippen LogP contribution is -2.45. The van der Waals surface area contributed by atoms with Crippen molar-refractivity contribution in [3.63, 3.8) is 0 Å². The summed E-state index contributed by atoms with van der Waals surface area (Å²) >= 11 is 0. The van der Waals surface area contributed by atoms with E-state index in [2.05, 4.69) is 16.0 Å². The molecule has 7 nitrogen and oxygen atoms in total. The Morgan fingerprint density at radius 1 is 0.971 bits per heavy atom. The summed E-state index contributed by atoms with van der Waals surface area (Å²) in [5.41, 5.74) is 2.77. The van der Waals surface area contributed by atoms with E-state index < -0.39 is 23.9 Å². The molecule has 1 aliphatic rings. The van der Waals surface area contributed by atoms with Crippen molar-refractivity contribution in [2.24, 2.45) is 0 Å². The quantitative estimate of drug-likeness (QED) is 0.476. The average Bonchev–Trinajstić information content (AvgIpc) is 2.85. The number of nitrogens with one attached hydrogen (secondary N) is 3. The topological polar surface area (TPSA) is 96.5 Å². The predicted octanol–water partition coefficient (Wildman–Crippen LogP) is 4.41. The van der Waals surface area contributed by atoms with E-state index in [0.717, 1.165) is 0 Å². The molecule has 4 rings (SSSR count). The van der Waals surface area contributed by atoms with Crippen LogP contribution < -0.4 is 16.0 Å². The monoisotopic (exact) mass is 459 g/mol. The molecule has 0 aliphatic carbocycles. The van der Waals surface area contributed by atoms with Crippen LogP contribution >= 0.6 is 0 Å². The molecule has 0 bridgehead atoms. The zero-order valence-corrected chi connectivity index (χ0v) is 18.3. The Morgan fingerprint density at radius 3 is 2.29 bits per heavy atom. The minimum atomic E-state index is -0.759. The van der Waals surface area contributed by atoms with Gasteiger partial charge in [0, 0.05) is 11.3 Å². The molecule has 8 heteroatoms. The number of halogens is 1. The molecular formula is C26H22FN3O4. The number of esters is 1. The van der Waals surface area contributed by atoms with Crippen molar-refractivity contribution in [3.8, 4) is 0 Å². The van der Waals surface area contributed by atoms with Gasteiger partial charge in [-0.15, -0.1) is 0 Å². The van der Waals surface area contributed by atoms with Gasteiger partial charge in [0.25, 0.3) is 5.91 Å². The number of carbonyl (C=O) groups is 3. The minimum absolute atomic E-state index is 0.180. The standard InChI is InChI=1S/C26H22FN3O4/c1-2-34-25(32)21-22(16-6-4-3-5-7-16)29-26(33)30-23(21)17-10-14-20(15-11-17)28-24(31)18-8-12-19(27)13-9-18/h3-15,23H,2H2,1H3,(H,28,31)(H2,29,30,33). The Hall–Kier alpha value is -4.46. The summed E-state index contributed by atoms with van der Waals surface area (Å²) in [5.74, 6) is -1.36. The van der Waals surface area contributed by atoms with E-state index in [1.807, 2.05) is 18.2 Å². The smallest absolute Gasteiger partial charge is 0.338 e. The Balaban J connectivity index is 1.64. The van der Waals surface area contributed by atoms with E-state index in [4.69, 9.17) is 4.74 Å². The molecule has 1 unspecified atom stereocenters. The number of carbonyl (C=O) groups excluding carboxylic acids is 3. The predicted molar refractivity (Wildman–Crippen MR) is 125 cm³/mol. The van der Waals surface area contributed by atoms with Crippen molar-refractivity contribution in [2.75, 3.05) is 11.9 Å². The Labute approximate surface area is 195 Å². The number of ether oxygens (including phenoxy) is 1. The number of anilines is 1. The summed E-state index contributed by atoms with van der Waals surface area (Å²) in [4.78, 5) is 37.8. The van der Waals surface area contributed by atoms with Gasteiger partial charge in [-0.1, -0.05) is 42.5 Å². The molecule has 0 aromatic heterocycles. The van der Waals surface area contributed by atoms with Crippen molar-refractivity contribution in [3.05, 3.63) is 107 Å². The summed E-state index contributed by atoms with van der Waals surface area (Å²) in [5, 5.41) is 8.25. The van der Waals surface area contributed by atoms with Gasteiger partial charge in [0.05, 0.1) is 23.9 Å². The molecule has 0 saturated carbocycles. The fourth-order valence-corrected chi connectivity index (χ4v) is 3.64. The Kier molecular flexibility index (Phi) is 6.68. The fraction of sp³-hybridized carbons (Fsp3) is 0.115. The van der Waals surface area contributed by atoms with Gasteiger partial charge in [0.15, 0.2) is 0 Å². The van der Waals surface area contributed by atoms with Crippen LogP contribution in [0, 0.1) is 5.82 Å². The summed E-state index contributed by atoms with van der Waals surface area (Å²) in [6.45, 7) is 1.89. The second kappa shape index (κ2) is 9.99. The largest absolute Gasteiger partial charge is 0.463 e. The van der Waals surface area contributed by atoms with Crippen molar-refractivity contribution < 1.29 is 23.5 Å². The third-order valence-corrected chi connectivity index (χ3v) is 5.24. The lowest BCUT2D eigenvalue weighted by Gasteiger charge is -2.29. The highest BCUT2D eigenvalue weighted by atomic mass is 19.1. The molecule has 172 valence electrons. The number of hydrogen-bond acceptors (Lipinski definition) is 4. The number of amides is 3. The van der Waals surface area contributed by atoms with Crippen molar-refractivity contribution in [1.82, 2.24) is 10.6 Å². The molecule has 0 fully saturated rings. The molecule has 1 heterocycles. The molecule has 34 heavy (non-hydrogen) atoms. The first-order chi connectivity index (χ1) is 16.5. The highest BCUT2D eigenvalue weighted by Gasteiger charge is 2.34. The molecule has 0 radical (unpaired) electrons. The molecule has 3 aromatic rings. The first-order valence-corrected chi connectivity index (χ1v) is 10.7. The van der Waals surface area contributed by atoms with Crippen molar-refractivity contribution in [2.45, 2.75) is 13.0 Å². The van der Waals surface area contributed by atoms with Gasteiger partial charge >= 0.3 is 12.0 Å². The van der Waals surface area contributed by atoms with Crippen LogP contribution in [0.1, 0.15) is 34.5 Å². The molecule has 3 aromatic carbocycles. The first kappa shape index (κ1) is 22.7.